The zero-order valence-corrected chi connectivity index (χ0v) is 41.2. The molecule has 3 aliphatic heterocycles. The summed E-state index contributed by atoms with van der Waals surface area (Å²) >= 11 is 0. The molecule has 3 heterocycles. The maximum Gasteiger partial charge on any atom is 0.303 e. The van der Waals surface area contributed by atoms with Gasteiger partial charge in [-0.2, -0.15) is 0 Å². The van der Waals surface area contributed by atoms with Crippen LogP contribution in [0.3, 0.4) is 0 Å². The highest BCUT2D eigenvalue weighted by atomic mass is 16.8. The Labute approximate surface area is 417 Å². The Hall–Kier alpha value is -5.88. The lowest BCUT2D eigenvalue weighted by molar-refractivity contribution is -0.370. The van der Waals surface area contributed by atoms with E-state index in [1.165, 1.54) is 13.8 Å². The van der Waals surface area contributed by atoms with Gasteiger partial charge in [-0.25, -0.2) is 0 Å². The van der Waals surface area contributed by atoms with Crippen LogP contribution in [0.4, 0.5) is 0 Å². The molecule has 3 aromatic carbocycles. The first-order valence-corrected chi connectivity index (χ1v) is 23.5. The van der Waals surface area contributed by atoms with E-state index in [-0.39, 0.29) is 19.8 Å². The van der Waals surface area contributed by atoms with Crippen LogP contribution in [0.1, 0.15) is 65.2 Å². The molecule has 3 aliphatic rings. The fourth-order valence-electron chi connectivity index (χ4n) is 8.66. The number of amides is 2. The van der Waals surface area contributed by atoms with Gasteiger partial charge in [0, 0.05) is 41.5 Å². The molecule has 3 fully saturated rings. The van der Waals surface area contributed by atoms with Gasteiger partial charge in [0.15, 0.2) is 31.1 Å². The molecule has 3 aromatic rings. The van der Waals surface area contributed by atoms with Crippen molar-refractivity contribution in [2.75, 3.05) is 13.2 Å². The van der Waals surface area contributed by atoms with Crippen molar-refractivity contribution in [1.82, 2.24) is 10.6 Å². The van der Waals surface area contributed by atoms with Crippen molar-refractivity contribution < 1.29 is 90.7 Å². The Morgan fingerprint density at radius 3 is 1.38 bits per heavy atom. The SMILES string of the molecule is CC(=O)N[C@H]1[C@H](O[C@H]2[C@H](O[C@@H]3O[C@@H](C)[C@@H](OCc4ccccc4)[C@@H](OCc4ccccc4)[C@@H]3OCc3ccccc3)[C@@H](NC(C)=O)C(O)O[C@@H]2COC(C)=O)O[C@H](COC(C)=O)[C@@H](OC(C)=O)[C@@H]1OC(C)=O. The van der Waals surface area contributed by atoms with E-state index in [2.05, 4.69) is 10.6 Å². The minimum absolute atomic E-state index is 0.0271. The van der Waals surface area contributed by atoms with E-state index in [1.807, 2.05) is 91.0 Å². The van der Waals surface area contributed by atoms with Gasteiger partial charge in [-0.1, -0.05) is 91.0 Å². The van der Waals surface area contributed by atoms with Crippen LogP contribution in [-0.4, -0.2) is 146 Å². The molecule has 0 aromatic heterocycles. The Morgan fingerprint density at radius 2 is 0.903 bits per heavy atom. The number of benzene rings is 3. The molecular weight excluding hydrogens is 945 g/mol. The van der Waals surface area contributed by atoms with Gasteiger partial charge in [-0.3, -0.25) is 28.8 Å². The van der Waals surface area contributed by atoms with Crippen LogP contribution in [0.15, 0.2) is 91.0 Å². The van der Waals surface area contributed by atoms with E-state index < -0.39 is 141 Å². The Balaban J connectivity index is 1.46. The summed E-state index contributed by atoms with van der Waals surface area (Å²) in [4.78, 5) is 75.8. The lowest BCUT2D eigenvalue weighted by atomic mass is 9.93. The maximum atomic E-state index is 13.0. The number of aliphatic hydroxyl groups is 1. The fourth-order valence-corrected chi connectivity index (χ4v) is 8.66. The second-order valence-corrected chi connectivity index (χ2v) is 17.5. The molecule has 3 saturated heterocycles. The number of hydrogen-bond donors (Lipinski definition) is 3. The van der Waals surface area contributed by atoms with E-state index in [4.69, 9.17) is 56.8 Å². The van der Waals surface area contributed by atoms with E-state index >= 15 is 0 Å². The van der Waals surface area contributed by atoms with Crippen molar-refractivity contribution in [3.8, 4) is 0 Å². The van der Waals surface area contributed by atoms with Crippen LogP contribution < -0.4 is 10.6 Å². The van der Waals surface area contributed by atoms with E-state index in [0.29, 0.717) is 0 Å². The highest BCUT2D eigenvalue weighted by Gasteiger charge is 2.57. The van der Waals surface area contributed by atoms with Crippen molar-refractivity contribution in [2.24, 2.45) is 0 Å². The number of rotatable bonds is 21. The molecule has 0 saturated carbocycles. The predicted molar refractivity (Wildman–Crippen MR) is 248 cm³/mol. The van der Waals surface area contributed by atoms with E-state index in [1.54, 1.807) is 6.92 Å². The van der Waals surface area contributed by atoms with Crippen LogP contribution in [0.25, 0.3) is 0 Å². The summed E-state index contributed by atoms with van der Waals surface area (Å²) in [7, 11) is 0. The highest BCUT2D eigenvalue weighted by Crippen LogP contribution is 2.37. The molecule has 3 N–H and O–H groups in total. The topological polar surface area (TPSA) is 257 Å². The Bertz CT molecular complexity index is 2240. The first-order chi connectivity index (χ1) is 34.5. The summed E-state index contributed by atoms with van der Waals surface area (Å²) in [6, 6.07) is 25.3. The van der Waals surface area contributed by atoms with Gasteiger partial charge in [0.25, 0.3) is 0 Å². The minimum atomic E-state index is -1.85. The van der Waals surface area contributed by atoms with Gasteiger partial charge in [-0.05, 0) is 23.6 Å². The second-order valence-electron chi connectivity index (χ2n) is 17.5. The zero-order valence-electron chi connectivity index (χ0n) is 41.2. The van der Waals surface area contributed by atoms with Crippen molar-refractivity contribution in [2.45, 2.75) is 160 Å². The number of ether oxygens (including phenoxy) is 12. The average molecular weight is 1010 g/mol. The monoisotopic (exact) mass is 1010 g/mol. The van der Waals surface area contributed by atoms with Crippen LogP contribution in [0.2, 0.25) is 0 Å². The van der Waals surface area contributed by atoms with Gasteiger partial charge in [-0.15, -0.1) is 0 Å². The molecule has 15 atom stereocenters. The van der Waals surface area contributed by atoms with Crippen LogP contribution in [0, 0.1) is 0 Å². The Kier molecular flexibility index (Phi) is 20.6. The molecule has 2 amide bonds. The summed E-state index contributed by atoms with van der Waals surface area (Å²) < 4.78 is 75.1. The summed E-state index contributed by atoms with van der Waals surface area (Å²) in [5.74, 6) is -4.47. The largest absolute Gasteiger partial charge is 0.463 e. The maximum absolute atomic E-state index is 13.0. The lowest BCUT2D eigenvalue weighted by Gasteiger charge is -2.51. The Morgan fingerprint density at radius 1 is 0.472 bits per heavy atom. The molecule has 0 radical (unpaired) electrons. The van der Waals surface area contributed by atoms with E-state index in [9.17, 15) is 33.9 Å². The number of nitrogens with one attached hydrogen (secondary N) is 2. The molecule has 392 valence electrons. The molecule has 6 rings (SSSR count). The fraction of sp³-hybridized carbons (Fsp3) is 0.529. The third-order valence-electron chi connectivity index (χ3n) is 11.7. The standard InChI is InChI=1S/C51H64N2O19/c1-28-42(63-23-35-17-11-8-12-18-35)47(64-24-36-19-13-9-14-20-36)48(65-25-37-21-15-10-16-22-37)51(66-28)72-45-40(52-29(2)54)49(60)69-38(26-61-31(4)56)44(45)71-50-41(53-30(3)55)46(68-34(7)59)43(67-33(6)58)39(70-50)27-62-32(5)57/h8-22,28,38-51,60H,23-27H2,1-7H3,(H,52,54)(H,53,55)/t28-,38+,39+,40+,41+,42+,43+,44+,45+,46+,47+,48-,49?,50-,51-/m0/s1. The molecule has 21 nitrogen and oxygen atoms in total. The van der Waals surface area contributed by atoms with Gasteiger partial charge < -0.3 is 72.6 Å². The van der Waals surface area contributed by atoms with Gasteiger partial charge in [0.05, 0.1) is 25.9 Å². The summed E-state index contributed by atoms with van der Waals surface area (Å²) in [6.07, 6.45) is -17.6. The normalized spacial score (nSPS) is 30.2. The van der Waals surface area contributed by atoms with Gasteiger partial charge in [0.1, 0.15) is 68.0 Å². The van der Waals surface area contributed by atoms with Gasteiger partial charge in [0.2, 0.25) is 11.8 Å². The van der Waals surface area contributed by atoms with Crippen molar-refractivity contribution >= 4 is 35.7 Å². The highest BCUT2D eigenvalue weighted by molar-refractivity contribution is 5.74. The summed E-state index contributed by atoms with van der Waals surface area (Å²) in [6.45, 7) is 7.78. The molecule has 0 spiro atoms. The first kappa shape index (κ1) is 55.4. The third-order valence-corrected chi connectivity index (χ3v) is 11.7. The van der Waals surface area contributed by atoms with Crippen LogP contribution in [-0.2, 0) is 105 Å². The first-order valence-electron chi connectivity index (χ1n) is 23.5. The quantitative estimate of drug-likeness (QED) is 0.102. The number of aliphatic hydroxyl groups excluding tert-OH is 1. The molecule has 72 heavy (non-hydrogen) atoms. The number of esters is 4. The van der Waals surface area contributed by atoms with Gasteiger partial charge >= 0.3 is 23.9 Å². The number of hydrogen-bond acceptors (Lipinski definition) is 19. The second kappa shape index (κ2) is 26.7. The number of carbonyl (C=O) groups excluding carboxylic acids is 6. The third kappa shape index (κ3) is 15.8. The average Bonchev–Trinajstić information content (AvgIpc) is 3.33. The minimum Gasteiger partial charge on any atom is -0.463 e. The van der Waals surface area contributed by atoms with Crippen LogP contribution >= 0.6 is 0 Å². The predicted octanol–water partition coefficient (Wildman–Crippen LogP) is 2.70. The molecular formula is C51H64N2O19. The molecule has 1 unspecified atom stereocenters. The smallest absolute Gasteiger partial charge is 0.303 e. The summed E-state index contributed by atoms with van der Waals surface area (Å²) in [5.41, 5.74) is 2.51. The van der Waals surface area contributed by atoms with E-state index in [0.717, 1.165) is 44.4 Å². The molecule has 0 bridgehead atoms. The molecule has 0 aliphatic carbocycles. The van der Waals surface area contributed by atoms with Crippen molar-refractivity contribution in [3.63, 3.8) is 0 Å². The molecule has 21 heteroatoms. The van der Waals surface area contributed by atoms with Crippen molar-refractivity contribution in [1.29, 1.82) is 0 Å². The lowest BCUT2D eigenvalue weighted by Crippen LogP contribution is -2.71. The van der Waals surface area contributed by atoms with Crippen LogP contribution in [0.5, 0.6) is 0 Å². The zero-order chi connectivity index (χ0) is 51.9. The van der Waals surface area contributed by atoms with Crippen molar-refractivity contribution in [3.05, 3.63) is 108 Å². The number of carbonyl (C=O) groups is 6. The summed E-state index contributed by atoms with van der Waals surface area (Å²) in [5, 5.41) is 17.1.